The lowest BCUT2D eigenvalue weighted by Gasteiger charge is -2.39. The van der Waals surface area contributed by atoms with Crippen molar-refractivity contribution in [2.45, 2.75) is 12.8 Å². The molecule has 33 heavy (non-hydrogen) atoms. The highest BCUT2D eigenvalue weighted by molar-refractivity contribution is 5.78. The number of nitrogens with zero attached hydrogens (tertiary/aromatic N) is 5. The maximum absolute atomic E-state index is 12.8. The normalized spacial score (nSPS) is 19.1. The van der Waals surface area contributed by atoms with Crippen molar-refractivity contribution in [2.24, 2.45) is 5.92 Å². The van der Waals surface area contributed by atoms with Crippen LogP contribution in [0.25, 0.3) is 0 Å². The number of rotatable bonds is 7. The van der Waals surface area contributed by atoms with Gasteiger partial charge in [0.25, 0.3) is 5.91 Å². The Labute approximate surface area is 195 Å². The van der Waals surface area contributed by atoms with Crippen LogP contribution in [0, 0.1) is 17.2 Å². The molecule has 2 aliphatic rings. The number of ether oxygens (including phenoxy) is 2. The summed E-state index contributed by atoms with van der Waals surface area (Å²) in [4.78, 5) is 24.0. The Kier molecular flexibility index (Phi) is 7.63. The van der Waals surface area contributed by atoms with Crippen molar-refractivity contribution >= 4 is 11.7 Å². The minimum Gasteiger partial charge on any atom is -0.493 e. The number of piperazine rings is 1. The van der Waals surface area contributed by atoms with Crippen LogP contribution in [0.1, 0.15) is 18.4 Å². The lowest BCUT2D eigenvalue weighted by molar-refractivity contribution is -0.135. The van der Waals surface area contributed by atoms with E-state index in [4.69, 9.17) is 14.7 Å². The Morgan fingerprint density at radius 2 is 2.00 bits per heavy atom. The summed E-state index contributed by atoms with van der Waals surface area (Å²) in [5.41, 5.74) is 0.491. The number of nitriles is 1. The number of carbonyl (C=O) groups excluding carboxylic acids is 1. The predicted molar refractivity (Wildman–Crippen MR) is 125 cm³/mol. The van der Waals surface area contributed by atoms with Crippen molar-refractivity contribution < 1.29 is 14.3 Å². The first-order valence-corrected chi connectivity index (χ1v) is 11.5. The van der Waals surface area contributed by atoms with Crippen molar-refractivity contribution in [3.05, 3.63) is 48.2 Å². The summed E-state index contributed by atoms with van der Waals surface area (Å²) >= 11 is 0. The number of likely N-dealkylation sites (tertiary alicyclic amines) is 1. The standard InChI is InChI=1S/C25H31N5O3/c1-32-23-15-20(16-26)7-8-22(23)33-19-25(31)30-10-4-5-21(18-30)17-28-11-13-29(14-12-28)24-6-2-3-9-27-24/h2-3,6-9,15,21H,4-5,10-14,17-19H2,1H3. The quantitative estimate of drug-likeness (QED) is 0.642. The third kappa shape index (κ3) is 5.93. The molecule has 1 unspecified atom stereocenters. The molecule has 0 saturated carbocycles. The fraction of sp³-hybridized carbons (Fsp3) is 0.480. The van der Waals surface area contributed by atoms with Gasteiger partial charge in [0.15, 0.2) is 18.1 Å². The highest BCUT2D eigenvalue weighted by atomic mass is 16.5. The van der Waals surface area contributed by atoms with E-state index in [1.807, 2.05) is 23.2 Å². The first-order valence-electron chi connectivity index (χ1n) is 11.5. The van der Waals surface area contributed by atoms with Gasteiger partial charge in [0, 0.05) is 58.1 Å². The van der Waals surface area contributed by atoms with E-state index in [1.165, 1.54) is 7.11 Å². The van der Waals surface area contributed by atoms with Gasteiger partial charge in [-0.15, -0.1) is 0 Å². The number of hydrogen-bond donors (Lipinski definition) is 0. The number of methoxy groups -OCH3 is 1. The molecule has 2 aromatic rings. The van der Waals surface area contributed by atoms with Crippen molar-refractivity contribution in [2.75, 3.05) is 64.4 Å². The molecule has 1 amide bonds. The van der Waals surface area contributed by atoms with E-state index in [1.54, 1.807) is 18.2 Å². The molecule has 3 heterocycles. The number of carbonyl (C=O) groups is 1. The van der Waals surface area contributed by atoms with Crippen LogP contribution in [-0.2, 0) is 4.79 Å². The summed E-state index contributed by atoms with van der Waals surface area (Å²) < 4.78 is 11.0. The smallest absolute Gasteiger partial charge is 0.260 e. The van der Waals surface area contributed by atoms with Gasteiger partial charge in [0.2, 0.25) is 0 Å². The largest absolute Gasteiger partial charge is 0.493 e. The van der Waals surface area contributed by atoms with Crippen LogP contribution in [0.4, 0.5) is 5.82 Å². The van der Waals surface area contributed by atoms with Crippen molar-refractivity contribution in [3.8, 4) is 17.6 Å². The molecule has 0 bridgehead atoms. The van der Waals surface area contributed by atoms with Gasteiger partial charge in [-0.25, -0.2) is 4.98 Å². The van der Waals surface area contributed by atoms with Crippen LogP contribution in [0.15, 0.2) is 42.6 Å². The number of anilines is 1. The third-order valence-corrected chi connectivity index (χ3v) is 6.38. The van der Waals surface area contributed by atoms with E-state index in [-0.39, 0.29) is 12.5 Å². The molecule has 2 aliphatic heterocycles. The van der Waals surface area contributed by atoms with Gasteiger partial charge >= 0.3 is 0 Å². The number of aromatic nitrogens is 1. The monoisotopic (exact) mass is 449 g/mol. The molecule has 174 valence electrons. The van der Waals surface area contributed by atoms with Crippen LogP contribution >= 0.6 is 0 Å². The highest BCUT2D eigenvalue weighted by Crippen LogP contribution is 2.28. The maximum Gasteiger partial charge on any atom is 0.260 e. The molecule has 2 saturated heterocycles. The molecule has 1 aromatic heterocycles. The van der Waals surface area contributed by atoms with Crippen LogP contribution in [0.3, 0.4) is 0 Å². The summed E-state index contributed by atoms with van der Waals surface area (Å²) in [7, 11) is 1.52. The second-order valence-corrected chi connectivity index (χ2v) is 8.59. The number of pyridine rings is 1. The van der Waals surface area contributed by atoms with Crippen LogP contribution < -0.4 is 14.4 Å². The summed E-state index contributed by atoms with van der Waals surface area (Å²) in [5.74, 6) is 2.46. The summed E-state index contributed by atoms with van der Waals surface area (Å²) in [5, 5.41) is 9.03. The van der Waals surface area contributed by atoms with Gasteiger partial charge < -0.3 is 19.3 Å². The van der Waals surface area contributed by atoms with Gasteiger partial charge in [0.05, 0.1) is 18.7 Å². The molecule has 0 spiro atoms. The summed E-state index contributed by atoms with van der Waals surface area (Å²) in [6, 6.07) is 13.1. The Morgan fingerprint density at radius 1 is 1.15 bits per heavy atom. The number of benzene rings is 1. The molecule has 0 aliphatic carbocycles. The van der Waals surface area contributed by atoms with Crippen molar-refractivity contribution in [3.63, 3.8) is 0 Å². The Morgan fingerprint density at radius 3 is 2.73 bits per heavy atom. The zero-order valence-electron chi connectivity index (χ0n) is 19.2. The number of amides is 1. The fourth-order valence-electron chi connectivity index (χ4n) is 4.59. The summed E-state index contributed by atoms with van der Waals surface area (Å²) in [6.07, 6.45) is 4.01. The molecule has 2 fully saturated rings. The Bertz CT molecular complexity index is 970. The number of hydrogen-bond acceptors (Lipinski definition) is 7. The molecule has 8 heteroatoms. The van der Waals surface area contributed by atoms with Gasteiger partial charge in [-0.1, -0.05) is 6.07 Å². The van der Waals surface area contributed by atoms with E-state index in [2.05, 4.69) is 26.9 Å². The van der Waals surface area contributed by atoms with Crippen molar-refractivity contribution in [1.29, 1.82) is 5.26 Å². The first kappa shape index (κ1) is 22.9. The average molecular weight is 450 g/mol. The van der Waals surface area contributed by atoms with E-state index in [9.17, 15) is 4.79 Å². The zero-order chi connectivity index (χ0) is 23.0. The SMILES string of the molecule is COc1cc(C#N)ccc1OCC(=O)N1CCCC(CN2CCN(c3ccccn3)CC2)C1. The molecular weight excluding hydrogens is 418 g/mol. The maximum atomic E-state index is 12.8. The molecule has 8 nitrogen and oxygen atoms in total. The van der Waals surface area contributed by atoms with E-state index in [0.717, 1.165) is 64.5 Å². The Hall–Kier alpha value is -3.31. The van der Waals surface area contributed by atoms with Gasteiger partial charge in [0.1, 0.15) is 5.82 Å². The second kappa shape index (κ2) is 11.0. The van der Waals surface area contributed by atoms with Crippen LogP contribution in [0.2, 0.25) is 0 Å². The molecular formula is C25H31N5O3. The van der Waals surface area contributed by atoms with Crippen LogP contribution in [-0.4, -0.2) is 80.2 Å². The minimum absolute atomic E-state index is 0.00826. The van der Waals surface area contributed by atoms with Gasteiger partial charge in [-0.3, -0.25) is 9.69 Å². The molecule has 1 atom stereocenters. The molecule has 1 aromatic carbocycles. The van der Waals surface area contributed by atoms with Gasteiger partial charge in [-0.2, -0.15) is 5.26 Å². The summed E-state index contributed by atoms with van der Waals surface area (Å²) in [6.45, 7) is 6.52. The molecule has 4 rings (SSSR count). The topological polar surface area (TPSA) is 81.9 Å². The first-order chi connectivity index (χ1) is 16.2. The van der Waals surface area contributed by atoms with E-state index < -0.39 is 0 Å². The predicted octanol–water partition coefficient (Wildman–Crippen LogP) is 2.40. The zero-order valence-corrected chi connectivity index (χ0v) is 19.2. The van der Waals surface area contributed by atoms with E-state index >= 15 is 0 Å². The van der Waals surface area contributed by atoms with Gasteiger partial charge in [-0.05, 0) is 43.0 Å². The minimum atomic E-state index is -0.0300. The van der Waals surface area contributed by atoms with Crippen molar-refractivity contribution in [1.82, 2.24) is 14.8 Å². The molecule has 0 radical (unpaired) electrons. The molecule has 0 N–H and O–H groups in total. The third-order valence-electron chi connectivity index (χ3n) is 6.38. The van der Waals surface area contributed by atoms with Crippen LogP contribution in [0.5, 0.6) is 11.5 Å². The van der Waals surface area contributed by atoms with E-state index in [0.29, 0.717) is 23.0 Å². The lowest BCUT2D eigenvalue weighted by Crippen LogP contribution is -2.50. The average Bonchev–Trinajstić information content (AvgIpc) is 2.88. The second-order valence-electron chi connectivity index (χ2n) is 8.59. The Balaban J connectivity index is 1.24. The fourth-order valence-corrected chi connectivity index (χ4v) is 4.59. The number of piperidine rings is 1. The highest BCUT2D eigenvalue weighted by Gasteiger charge is 2.27. The lowest BCUT2D eigenvalue weighted by atomic mass is 9.97.